The molecule has 1 saturated heterocycles. The second kappa shape index (κ2) is 7.84. The smallest absolute Gasteiger partial charge is 0.274 e. The van der Waals surface area contributed by atoms with Crippen LogP contribution in [0.15, 0.2) is 18.2 Å². The largest absolute Gasteiger partial charge is 0.491 e. The van der Waals surface area contributed by atoms with E-state index in [1.165, 1.54) is 0 Å². The van der Waals surface area contributed by atoms with Gasteiger partial charge in [-0.2, -0.15) is 0 Å². The van der Waals surface area contributed by atoms with E-state index in [-0.39, 0.29) is 17.9 Å². The molecule has 2 aliphatic rings. The molecule has 2 N–H and O–H groups in total. The zero-order valence-corrected chi connectivity index (χ0v) is 14.4. The van der Waals surface area contributed by atoms with Gasteiger partial charge in [-0.15, -0.1) is 0 Å². The van der Waals surface area contributed by atoms with Crippen LogP contribution < -0.4 is 10.2 Å². The fraction of sp³-hybridized carbons (Fsp3) is 0.556. The van der Waals surface area contributed by atoms with Gasteiger partial charge in [0.1, 0.15) is 12.4 Å². The molecule has 2 atom stereocenters. The second-order valence-corrected chi connectivity index (χ2v) is 6.52. The average molecular weight is 348 g/mol. The van der Waals surface area contributed by atoms with Gasteiger partial charge < -0.3 is 14.4 Å². The minimum atomic E-state index is -0.591. The van der Waals surface area contributed by atoms with Gasteiger partial charge in [-0.3, -0.25) is 14.8 Å². The van der Waals surface area contributed by atoms with Gasteiger partial charge in [0.2, 0.25) is 5.91 Å². The van der Waals surface area contributed by atoms with Crippen molar-refractivity contribution in [3.8, 4) is 5.75 Å². The number of hydrogen-bond acceptors (Lipinski definition) is 5. The van der Waals surface area contributed by atoms with Crippen LogP contribution in [0.2, 0.25) is 0 Å². The summed E-state index contributed by atoms with van der Waals surface area (Å²) in [6.45, 7) is 4.02. The monoisotopic (exact) mass is 348 g/mol. The third-order valence-corrected chi connectivity index (χ3v) is 4.93. The van der Waals surface area contributed by atoms with E-state index in [4.69, 9.17) is 14.7 Å². The Morgan fingerprint density at radius 3 is 2.92 bits per heavy atom. The lowest BCUT2D eigenvalue weighted by molar-refractivity contribution is -0.139. The van der Waals surface area contributed by atoms with Gasteiger partial charge in [0.15, 0.2) is 0 Å². The molecule has 0 radical (unpaired) electrons. The molecule has 1 aromatic carbocycles. The molecule has 2 amide bonds. The van der Waals surface area contributed by atoms with E-state index in [0.29, 0.717) is 31.1 Å². The quantitative estimate of drug-likeness (QED) is 0.630. The zero-order valence-electron chi connectivity index (χ0n) is 14.4. The molecule has 0 aliphatic carbocycles. The fourth-order valence-electron chi connectivity index (χ4n) is 3.46. The molecule has 2 heterocycles. The van der Waals surface area contributed by atoms with Crippen molar-refractivity contribution in [2.24, 2.45) is 5.92 Å². The molecule has 25 heavy (non-hydrogen) atoms. The van der Waals surface area contributed by atoms with E-state index in [0.717, 1.165) is 31.4 Å². The van der Waals surface area contributed by atoms with Crippen LogP contribution in [0.5, 0.6) is 5.75 Å². The van der Waals surface area contributed by atoms with E-state index in [1.807, 2.05) is 11.8 Å². The van der Waals surface area contributed by atoms with Gasteiger partial charge in [0.05, 0.1) is 25.1 Å². The van der Waals surface area contributed by atoms with E-state index < -0.39 is 5.91 Å². The number of carbonyl (C=O) groups excluding carboxylic acids is 2. The Morgan fingerprint density at radius 1 is 1.28 bits per heavy atom. The number of ether oxygens (including phenoxy) is 2. The molecule has 7 nitrogen and oxygen atoms in total. The summed E-state index contributed by atoms with van der Waals surface area (Å²) in [4.78, 5) is 26.4. The SMILES string of the molecule is CC1c2ccc(C(=O)NO)cc2OCCN1C(=O)C1CCCCOC1. The molecular weight excluding hydrogens is 324 g/mol. The Hall–Kier alpha value is -2.12. The molecule has 0 aromatic heterocycles. The van der Waals surface area contributed by atoms with Gasteiger partial charge in [0, 0.05) is 17.7 Å². The summed E-state index contributed by atoms with van der Waals surface area (Å²) >= 11 is 0. The Labute approximate surface area is 146 Å². The molecule has 1 aromatic rings. The van der Waals surface area contributed by atoms with Crippen molar-refractivity contribution in [3.63, 3.8) is 0 Å². The van der Waals surface area contributed by atoms with Crippen LogP contribution in [0.1, 0.15) is 48.1 Å². The van der Waals surface area contributed by atoms with Gasteiger partial charge in [-0.1, -0.05) is 12.5 Å². The molecule has 136 valence electrons. The number of nitrogens with one attached hydrogen (secondary N) is 1. The van der Waals surface area contributed by atoms with Crippen molar-refractivity contribution in [1.29, 1.82) is 0 Å². The van der Waals surface area contributed by atoms with Gasteiger partial charge >= 0.3 is 0 Å². The highest BCUT2D eigenvalue weighted by atomic mass is 16.5. The topological polar surface area (TPSA) is 88.1 Å². The van der Waals surface area contributed by atoms with Crippen molar-refractivity contribution in [2.45, 2.75) is 32.2 Å². The first-order valence-corrected chi connectivity index (χ1v) is 8.71. The van der Waals surface area contributed by atoms with Crippen LogP contribution >= 0.6 is 0 Å². The van der Waals surface area contributed by atoms with Crippen molar-refractivity contribution in [3.05, 3.63) is 29.3 Å². The van der Waals surface area contributed by atoms with Crippen LogP contribution in [-0.4, -0.2) is 48.3 Å². The van der Waals surface area contributed by atoms with Crippen molar-refractivity contribution >= 4 is 11.8 Å². The number of amides is 2. The van der Waals surface area contributed by atoms with Crippen LogP contribution in [0.25, 0.3) is 0 Å². The molecule has 0 spiro atoms. The highest BCUT2D eigenvalue weighted by molar-refractivity contribution is 5.94. The second-order valence-electron chi connectivity index (χ2n) is 6.52. The highest BCUT2D eigenvalue weighted by Gasteiger charge is 2.32. The van der Waals surface area contributed by atoms with E-state index in [2.05, 4.69) is 0 Å². The summed E-state index contributed by atoms with van der Waals surface area (Å²) < 4.78 is 11.3. The first kappa shape index (κ1) is 17.7. The van der Waals surface area contributed by atoms with Gasteiger partial charge in [-0.05, 0) is 31.9 Å². The maximum Gasteiger partial charge on any atom is 0.274 e. The maximum absolute atomic E-state index is 13.0. The number of carbonyl (C=O) groups is 2. The molecule has 2 unspecified atom stereocenters. The minimum Gasteiger partial charge on any atom is -0.491 e. The number of hydrogen-bond donors (Lipinski definition) is 2. The molecule has 0 bridgehead atoms. The fourth-order valence-corrected chi connectivity index (χ4v) is 3.46. The third kappa shape index (κ3) is 3.77. The zero-order chi connectivity index (χ0) is 17.8. The van der Waals surface area contributed by atoms with Crippen LogP contribution in [0.3, 0.4) is 0 Å². The molecular formula is C18H24N2O5. The lowest BCUT2D eigenvalue weighted by atomic mass is 9.99. The van der Waals surface area contributed by atoms with Gasteiger partial charge in [-0.25, -0.2) is 5.48 Å². The van der Waals surface area contributed by atoms with Gasteiger partial charge in [0.25, 0.3) is 5.91 Å². The number of benzene rings is 1. The summed E-state index contributed by atoms with van der Waals surface area (Å²) in [5, 5.41) is 8.78. The summed E-state index contributed by atoms with van der Waals surface area (Å²) in [5.41, 5.74) is 2.78. The van der Waals surface area contributed by atoms with Crippen LogP contribution in [0.4, 0.5) is 0 Å². The lowest BCUT2D eigenvalue weighted by Crippen LogP contribution is -2.40. The Morgan fingerprint density at radius 2 is 2.12 bits per heavy atom. The first-order chi connectivity index (χ1) is 12.1. The van der Waals surface area contributed by atoms with E-state index >= 15 is 0 Å². The molecule has 1 fully saturated rings. The summed E-state index contributed by atoms with van der Waals surface area (Å²) in [6, 6.07) is 4.84. The average Bonchev–Trinajstić information content (AvgIpc) is 3.00. The third-order valence-electron chi connectivity index (χ3n) is 4.93. The van der Waals surface area contributed by atoms with Crippen LogP contribution in [0, 0.1) is 5.92 Å². The number of hydroxylamine groups is 1. The first-order valence-electron chi connectivity index (χ1n) is 8.71. The number of fused-ring (bicyclic) bond motifs is 1. The summed E-state index contributed by atoms with van der Waals surface area (Å²) in [5.74, 6) is -0.0261. The predicted molar refractivity (Wildman–Crippen MR) is 89.5 cm³/mol. The van der Waals surface area contributed by atoms with E-state index in [1.54, 1.807) is 23.7 Å². The molecule has 0 saturated carbocycles. The van der Waals surface area contributed by atoms with Crippen molar-refractivity contribution in [1.82, 2.24) is 10.4 Å². The Bertz CT molecular complexity index is 640. The maximum atomic E-state index is 13.0. The summed E-state index contributed by atoms with van der Waals surface area (Å²) in [7, 11) is 0. The summed E-state index contributed by atoms with van der Waals surface area (Å²) in [6.07, 6.45) is 2.86. The lowest BCUT2D eigenvalue weighted by Gasteiger charge is -2.30. The number of nitrogens with zero attached hydrogens (tertiary/aromatic N) is 1. The standard InChI is InChI=1S/C18H24N2O5/c1-12-15-6-5-13(17(21)19-23)10-16(15)25-9-7-20(12)18(22)14-4-2-3-8-24-11-14/h5-6,10,12,14,23H,2-4,7-9,11H2,1H3,(H,19,21). The Balaban J connectivity index is 1.82. The van der Waals surface area contributed by atoms with Crippen molar-refractivity contribution in [2.75, 3.05) is 26.4 Å². The minimum absolute atomic E-state index is 0.100. The highest BCUT2D eigenvalue weighted by Crippen LogP contribution is 2.34. The molecule has 7 heteroatoms. The normalized spacial score (nSPS) is 23.7. The van der Waals surface area contributed by atoms with E-state index in [9.17, 15) is 9.59 Å². The molecule has 2 aliphatic heterocycles. The molecule has 3 rings (SSSR count). The van der Waals surface area contributed by atoms with Crippen molar-refractivity contribution < 1.29 is 24.3 Å². The number of rotatable bonds is 2. The Kier molecular flexibility index (Phi) is 5.55. The van der Waals surface area contributed by atoms with Crippen LogP contribution in [-0.2, 0) is 9.53 Å². The predicted octanol–water partition coefficient (Wildman–Crippen LogP) is 1.90.